The zero-order valence-corrected chi connectivity index (χ0v) is 10.8. The van der Waals surface area contributed by atoms with E-state index < -0.39 is 0 Å². The molecule has 1 aromatic carbocycles. The maximum atomic E-state index is 12.0. The predicted octanol–water partition coefficient (Wildman–Crippen LogP) is 2.41. The second-order valence-electron chi connectivity index (χ2n) is 3.39. The summed E-state index contributed by atoms with van der Waals surface area (Å²) in [6.45, 7) is 0. The van der Waals surface area contributed by atoms with E-state index in [0.29, 0.717) is 22.2 Å². The molecule has 2 aromatic rings. The zero-order chi connectivity index (χ0) is 13.0. The van der Waals surface area contributed by atoms with Gasteiger partial charge < -0.3 is 9.47 Å². The number of nitrogens with one attached hydrogen (secondary N) is 1. The van der Waals surface area contributed by atoms with Gasteiger partial charge in [-0.15, -0.1) is 11.3 Å². The minimum atomic E-state index is -0.248. The average Bonchev–Trinajstić information content (AvgIpc) is 2.90. The van der Waals surface area contributed by atoms with Gasteiger partial charge in [-0.2, -0.15) is 0 Å². The summed E-state index contributed by atoms with van der Waals surface area (Å²) in [6.07, 6.45) is 1.63. The third-order valence-electron chi connectivity index (χ3n) is 2.27. The molecule has 1 heterocycles. The Bertz CT molecular complexity index is 518. The van der Waals surface area contributed by atoms with Crippen molar-refractivity contribution >= 4 is 22.4 Å². The molecule has 0 saturated heterocycles. The van der Waals surface area contributed by atoms with Crippen molar-refractivity contribution in [1.29, 1.82) is 0 Å². The van der Waals surface area contributed by atoms with Crippen LogP contribution in [0.1, 0.15) is 10.4 Å². The molecule has 0 saturated carbocycles. The number of anilines is 1. The fraction of sp³-hybridized carbons (Fsp3) is 0.167. The van der Waals surface area contributed by atoms with Crippen LogP contribution in [0.15, 0.2) is 29.8 Å². The Morgan fingerprint density at radius 2 is 1.89 bits per heavy atom. The van der Waals surface area contributed by atoms with E-state index in [1.807, 2.05) is 0 Å². The van der Waals surface area contributed by atoms with Crippen LogP contribution < -0.4 is 14.8 Å². The number of amides is 1. The SMILES string of the molecule is COc1cc(OC)cc(C(=O)Nc2nccs2)c1. The first-order valence-electron chi connectivity index (χ1n) is 5.17. The van der Waals surface area contributed by atoms with E-state index in [9.17, 15) is 4.79 Å². The molecule has 0 unspecified atom stereocenters. The van der Waals surface area contributed by atoms with Gasteiger partial charge in [0.2, 0.25) is 0 Å². The lowest BCUT2D eigenvalue weighted by atomic mass is 10.2. The Balaban J connectivity index is 2.23. The molecule has 0 aliphatic heterocycles. The second kappa shape index (κ2) is 5.50. The first-order valence-corrected chi connectivity index (χ1v) is 6.05. The monoisotopic (exact) mass is 264 g/mol. The Kier molecular flexibility index (Phi) is 3.78. The molecule has 1 amide bonds. The molecular weight excluding hydrogens is 252 g/mol. The average molecular weight is 264 g/mol. The number of rotatable bonds is 4. The fourth-order valence-corrected chi connectivity index (χ4v) is 1.92. The van der Waals surface area contributed by atoms with Gasteiger partial charge in [-0.1, -0.05) is 0 Å². The molecule has 1 N–H and O–H groups in total. The van der Waals surface area contributed by atoms with Crippen LogP contribution in [0.5, 0.6) is 11.5 Å². The molecule has 0 atom stereocenters. The lowest BCUT2D eigenvalue weighted by molar-refractivity contribution is 0.102. The van der Waals surface area contributed by atoms with Crippen molar-refractivity contribution in [1.82, 2.24) is 4.98 Å². The fourth-order valence-electron chi connectivity index (χ4n) is 1.39. The van der Waals surface area contributed by atoms with Crippen LogP contribution in [0.4, 0.5) is 5.13 Å². The maximum Gasteiger partial charge on any atom is 0.257 e. The number of carbonyl (C=O) groups is 1. The summed E-state index contributed by atoms with van der Waals surface area (Å²) in [7, 11) is 3.08. The zero-order valence-electron chi connectivity index (χ0n) is 9.97. The van der Waals surface area contributed by atoms with Gasteiger partial charge in [0, 0.05) is 23.2 Å². The van der Waals surface area contributed by atoms with Crippen LogP contribution in [-0.2, 0) is 0 Å². The summed E-state index contributed by atoms with van der Waals surface area (Å²) in [6, 6.07) is 5.00. The van der Waals surface area contributed by atoms with E-state index in [1.165, 1.54) is 25.6 Å². The minimum absolute atomic E-state index is 0.248. The molecule has 6 heteroatoms. The number of carbonyl (C=O) groups excluding carboxylic acids is 1. The number of benzene rings is 1. The summed E-state index contributed by atoms with van der Waals surface area (Å²) in [5.74, 6) is 0.888. The molecule has 1 aromatic heterocycles. The van der Waals surface area contributed by atoms with Gasteiger partial charge in [0.25, 0.3) is 5.91 Å². The molecule has 0 bridgehead atoms. The normalized spacial score (nSPS) is 9.89. The number of hydrogen-bond donors (Lipinski definition) is 1. The van der Waals surface area contributed by atoms with Crippen LogP contribution in [-0.4, -0.2) is 25.1 Å². The standard InChI is InChI=1S/C12H12N2O3S/c1-16-9-5-8(6-10(7-9)17-2)11(15)14-12-13-3-4-18-12/h3-7H,1-2H3,(H,13,14,15). The molecule has 0 spiro atoms. The molecule has 5 nitrogen and oxygen atoms in total. The van der Waals surface area contributed by atoms with Crippen LogP contribution >= 0.6 is 11.3 Å². The first kappa shape index (κ1) is 12.4. The van der Waals surface area contributed by atoms with E-state index in [4.69, 9.17) is 9.47 Å². The summed E-state index contributed by atoms with van der Waals surface area (Å²) < 4.78 is 10.2. The predicted molar refractivity (Wildman–Crippen MR) is 69.6 cm³/mol. The van der Waals surface area contributed by atoms with Crippen molar-refractivity contribution in [2.45, 2.75) is 0 Å². The van der Waals surface area contributed by atoms with Gasteiger partial charge in [-0.25, -0.2) is 4.98 Å². The lowest BCUT2D eigenvalue weighted by Gasteiger charge is -2.07. The molecular formula is C12H12N2O3S. The van der Waals surface area contributed by atoms with Gasteiger partial charge in [-0.3, -0.25) is 10.1 Å². The van der Waals surface area contributed by atoms with Gasteiger partial charge in [-0.05, 0) is 12.1 Å². The van der Waals surface area contributed by atoms with E-state index in [0.717, 1.165) is 0 Å². The number of methoxy groups -OCH3 is 2. The van der Waals surface area contributed by atoms with Crippen molar-refractivity contribution < 1.29 is 14.3 Å². The molecule has 0 radical (unpaired) electrons. The van der Waals surface area contributed by atoms with Gasteiger partial charge in [0.1, 0.15) is 11.5 Å². The van der Waals surface area contributed by atoms with Crippen molar-refractivity contribution in [3.8, 4) is 11.5 Å². The highest BCUT2D eigenvalue weighted by atomic mass is 32.1. The number of hydrogen-bond acceptors (Lipinski definition) is 5. The number of ether oxygens (including phenoxy) is 2. The van der Waals surface area contributed by atoms with Crippen LogP contribution in [0.25, 0.3) is 0 Å². The first-order chi connectivity index (χ1) is 8.72. The van der Waals surface area contributed by atoms with Crippen LogP contribution in [0, 0.1) is 0 Å². The molecule has 94 valence electrons. The highest BCUT2D eigenvalue weighted by Gasteiger charge is 2.11. The number of thiazole rings is 1. The minimum Gasteiger partial charge on any atom is -0.497 e. The molecule has 18 heavy (non-hydrogen) atoms. The molecule has 0 fully saturated rings. The summed E-state index contributed by atoms with van der Waals surface area (Å²) >= 11 is 1.36. The van der Waals surface area contributed by atoms with Gasteiger partial charge >= 0.3 is 0 Å². The Labute approximate surface area is 108 Å². The van der Waals surface area contributed by atoms with Crippen LogP contribution in [0.3, 0.4) is 0 Å². The molecule has 0 aliphatic carbocycles. The quantitative estimate of drug-likeness (QED) is 0.921. The second-order valence-corrected chi connectivity index (χ2v) is 4.29. The van der Waals surface area contributed by atoms with Crippen molar-refractivity contribution in [2.75, 3.05) is 19.5 Å². The highest BCUT2D eigenvalue weighted by molar-refractivity contribution is 7.13. The summed E-state index contributed by atoms with van der Waals surface area (Å²) in [5.41, 5.74) is 0.460. The van der Waals surface area contributed by atoms with Crippen molar-refractivity contribution in [3.05, 3.63) is 35.3 Å². The summed E-state index contributed by atoms with van der Waals surface area (Å²) in [5, 5.41) is 5.05. The van der Waals surface area contributed by atoms with E-state index >= 15 is 0 Å². The Hall–Kier alpha value is -2.08. The van der Waals surface area contributed by atoms with Gasteiger partial charge in [0.15, 0.2) is 5.13 Å². The largest absolute Gasteiger partial charge is 0.497 e. The van der Waals surface area contributed by atoms with Crippen molar-refractivity contribution in [2.24, 2.45) is 0 Å². The third-order valence-corrected chi connectivity index (χ3v) is 2.95. The highest BCUT2D eigenvalue weighted by Crippen LogP contribution is 2.23. The Morgan fingerprint density at radius 1 is 1.22 bits per heavy atom. The lowest BCUT2D eigenvalue weighted by Crippen LogP contribution is -2.11. The molecule has 2 rings (SSSR count). The Morgan fingerprint density at radius 3 is 2.39 bits per heavy atom. The van der Waals surface area contributed by atoms with E-state index in [2.05, 4.69) is 10.3 Å². The van der Waals surface area contributed by atoms with E-state index in [-0.39, 0.29) is 5.91 Å². The molecule has 0 aliphatic rings. The number of aromatic nitrogens is 1. The number of nitrogens with zero attached hydrogens (tertiary/aromatic N) is 1. The van der Waals surface area contributed by atoms with Crippen molar-refractivity contribution in [3.63, 3.8) is 0 Å². The van der Waals surface area contributed by atoms with Crippen LogP contribution in [0.2, 0.25) is 0 Å². The topological polar surface area (TPSA) is 60.5 Å². The summed E-state index contributed by atoms with van der Waals surface area (Å²) in [4.78, 5) is 16.0. The smallest absolute Gasteiger partial charge is 0.257 e. The maximum absolute atomic E-state index is 12.0. The van der Waals surface area contributed by atoms with Gasteiger partial charge in [0.05, 0.1) is 14.2 Å². The van der Waals surface area contributed by atoms with E-state index in [1.54, 1.807) is 29.8 Å². The third kappa shape index (κ3) is 2.78.